The first kappa shape index (κ1) is 10.3. The maximum absolute atomic E-state index is 12.4. The Labute approximate surface area is 90.8 Å². The van der Waals surface area contributed by atoms with Crippen molar-refractivity contribution in [1.82, 2.24) is 4.98 Å². The number of nitrogens with zero attached hydrogens (tertiary/aromatic N) is 1. The first-order valence-electron chi connectivity index (χ1n) is 3.14. The van der Waals surface area contributed by atoms with Crippen LogP contribution >= 0.6 is 38.5 Å². The minimum Gasteiger partial charge on any atom is -0.250 e. The zero-order valence-electron chi connectivity index (χ0n) is 5.90. The largest absolute Gasteiger partial charge is 0.266 e. The van der Waals surface area contributed by atoms with Crippen molar-refractivity contribution in [3.63, 3.8) is 0 Å². The van der Waals surface area contributed by atoms with Crippen molar-refractivity contribution in [2.45, 2.75) is 11.8 Å². The quantitative estimate of drug-likeness (QED) is 0.453. The molecule has 0 aliphatic heterocycles. The van der Waals surface area contributed by atoms with Crippen LogP contribution in [0.1, 0.15) is 17.6 Å². The topological polar surface area (TPSA) is 12.9 Å². The van der Waals surface area contributed by atoms with E-state index in [1.807, 2.05) is 22.6 Å². The number of aromatic nitrogens is 1. The number of hydrogen-bond acceptors (Lipinski definition) is 1. The van der Waals surface area contributed by atoms with Gasteiger partial charge in [0.2, 0.25) is 0 Å². The number of hydrogen-bond donors (Lipinski definition) is 0. The SMILES string of the molecule is FC(F)c1c(CBr)ccnc1I. The smallest absolute Gasteiger partial charge is 0.250 e. The first-order chi connectivity index (χ1) is 5.66. The van der Waals surface area contributed by atoms with Gasteiger partial charge in [0.15, 0.2) is 0 Å². The van der Waals surface area contributed by atoms with Crippen molar-refractivity contribution in [1.29, 1.82) is 0 Å². The van der Waals surface area contributed by atoms with Crippen LogP contribution < -0.4 is 0 Å². The molecule has 0 N–H and O–H groups in total. The average Bonchev–Trinajstić information content (AvgIpc) is 2.03. The molecule has 0 amide bonds. The van der Waals surface area contributed by atoms with Crippen molar-refractivity contribution in [2.24, 2.45) is 0 Å². The highest BCUT2D eigenvalue weighted by molar-refractivity contribution is 14.1. The molecule has 5 heteroatoms. The minimum absolute atomic E-state index is 0.0370. The fourth-order valence-corrected chi connectivity index (χ4v) is 2.06. The maximum Gasteiger partial charge on any atom is 0.266 e. The molecule has 0 unspecified atom stereocenters. The van der Waals surface area contributed by atoms with Crippen molar-refractivity contribution < 1.29 is 8.78 Å². The predicted molar refractivity (Wildman–Crippen MR) is 54.5 cm³/mol. The third-order valence-corrected chi connectivity index (χ3v) is 2.86. The van der Waals surface area contributed by atoms with Crippen LogP contribution in [0.4, 0.5) is 8.78 Å². The summed E-state index contributed by atoms with van der Waals surface area (Å²) < 4.78 is 25.2. The monoisotopic (exact) mass is 347 g/mol. The summed E-state index contributed by atoms with van der Waals surface area (Å²) in [5.41, 5.74) is 0.638. The summed E-state index contributed by atoms with van der Waals surface area (Å²) >= 11 is 4.96. The van der Waals surface area contributed by atoms with E-state index < -0.39 is 6.43 Å². The highest BCUT2D eigenvalue weighted by Gasteiger charge is 2.16. The Morgan fingerprint density at radius 3 is 2.67 bits per heavy atom. The molecule has 1 nitrogen and oxygen atoms in total. The van der Waals surface area contributed by atoms with Crippen LogP contribution in [-0.4, -0.2) is 4.98 Å². The molecule has 0 saturated heterocycles. The fraction of sp³-hybridized carbons (Fsp3) is 0.286. The van der Waals surface area contributed by atoms with Crippen molar-refractivity contribution in [2.75, 3.05) is 0 Å². The van der Waals surface area contributed by atoms with E-state index in [4.69, 9.17) is 0 Å². The standard InChI is InChI=1S/C7H5BrF2IN/c8-3-4-1-2-12-7(11)5(4)6(9)10/h1-2,6H,3H2. The number of halogens is 4. The summed E-state index contributed by atoms with van der Waals surface area (Å²) in [4.78, 5) is 3.79. The van der Waals surface area contributed by atoms with Crippen LogP contribution in [0.3, 0.4) is 0 Å². The fourth-order valence-electron chi connectivity index (χ4n) is 0.831. The molecule has 0 saturated carbocycles. The number of rotatable bonds is 2. The van der Waals surface area contributed by atoms with Gasteiger partial charge in [0.25, 0.3) is 6.43 Å². The lowest BCUT2D eigenvalue weighted by molar-refractivity contribution is 0.149. The first-order valence-corrected chi connectivity index (χ1v) is 5.34. The number of pyridine rings is 1. The van der Waals surface area contributed by atoms with Gasteiger partial charge < -0.3 is 0 Å². The van der Waals surface area contributed by atoms with Crippen molar-refractivity contribution in [3.8, 4) is 0 Å². The van der Waals surface area contributed by atoms with E-state index >= 15 is 0 Å². The van der Waals surface area contributed by atoms with Crippen LogP contribution in [0.25, 0.3) is 0 Å². The second-order valence-electron chi connectivity index (χ2n) is 2.11. The molecule has 1 heterocycles. The molecule has 1 rings (SSSR count). The third kappa shape index (κ3) is 2.12. The van der Waals surface area contributed by atoms with Gasteiger partial charge in [0, 0.05) is 11.5 Å². The molecule has 0 fully saturated rings. The van der Waals surface area contributed by atoms with E-state index in [0.29, 0.717) is 14.6 Å². The van der Waals surface area contributed by atoms with Gasteiger partial charge in [-0.3, -0.25) is 0 Å². The molecular formula is C7H5BrF2IN. The zero-order valence-corrected chi connectivity index (χ0v) is 9.64. The summed E-state index contributed by atoms with van der Waals surface area (Å²) in [6.07, 6.45) is -0.914. The lowest BCUT2D eigenvalue weighted by atomic mass is 10.2. The summed E-state index contributed by atoms with van der Waals surface area (Å²) in [6, 6.07) is 1.60. The second-order valence-corrected chi connectivity index (χ2v) is 3.69. The van der Waals surface area contributed by atoms with Crippen LogP contribution in [0.5, 0.6) is 0 Å². The summed E-state index contributed by atoms with van der Waals surface area (Å²) in [6.45, 7) is 0. The number of alkyl halides is 3. The molecule has 0 spiro atoms. The third-order valence-electron chi connectivity index (χ3n) is 1.39. The van der Waals surface area contributed by atoms with Crippen molar-refractivity contribution >= 4 is 38.5 Å². The van der Waals surface area contributed by atoms with E-state index in [2.05, 4.69) is 20.9 Å². The highest BCUT2D eigenvalue weighted by Crippen LogP contribution is 2.27. The molecule has 0 aliphatic rings. The predicted octanol–water partition coefficient (Wildman–Crippen LogP) is 3.52. The van der Waals surface area contributed by atoms with Gasteiger partial charge in [0.05, 0.1) is 5.56 Å². The highest BCUT2D eigenvalue weighted by atomic mass is 127. The van der Waals surface area contributed by atoms with Gasteiger partial charge >= 0.3 is 0 Å². The Kier molecular flexibility index (Phi) is 3.82. The van der Waals surface area contributed by atoms with Gasteiger partial charge in [0.1, 0.15) is 3.70 Å². The van der Waals surface area contributed by atoms with E-state index in [9.17, 15) is 8.78 Å². The molecule has 1 aromatic heterocycles. The van der Waals surface area contributed by atoms with Gasteiger partial charge in [-0.1, -0.05) is 15.9 Å². The van der Waals surface area contributed by atoms with Crippen LogP contribution in [0, 0.1) is 3.70 Å². The Balaban J connectivity index is 3.20. The molecule has 1 aromatic rings. The van der Waals surface area contributed by atoms with Gasteiger partial charge in [-0.05, 0) is 34.2 Å². The summed E-state index contributed by atoms with van der Waals surface area (Å²) in [5, 5.41) is 0.436. The Morgan fingerprint density at radius 1 is 1.58 bits per heavy atom. The molecule has 0 aliphatic carbocycles. The Morgan fingerprint density at radius 2 is 2.25 bits per heavy atom. The Bertz CT molecular complexity index is 280. The maximum atomic E-state index is 12.4. The van der Waals surface area contributed by atoms with Crippen LogP contribution in [-0.2, 0) is 5.33 Å². The van der Waals surface area contributed by atoms with Gasteiger partial charge in [-0.15, -0.1) is 0 Å². The average molecular weight is 348 g/mol. The molecule has 66 valence electrons. The molecule has 0 radical (unpaired) electrons. The second kappa shape index (κ2) is 4.45. The summed E-state index contributed by atoms with van der Waals surface area (Å²) in [7, 11) is 0. The molecule has 0 aromatic carbocycles. The van der Waals surface area contributed by atoms with Crippen LogP contribution in [0.2, 0.25) is 0 Å². The zero-order chi connectivity index (χ0) is 9.14. The van der Waals surface area contributed by atoms with Crippen LogP contribution in [0.15, 0.2) is 12.3 Å². The normalized spacial score (nSPS) is 10.8. The molecule has 0 bridgehead atoms. The van der Waals surface area contributed by atoms with E-state index in [-0.39, 0.29) is 5.56 Å². The molecule has 0 atom stereocenters. The lowest BCUT2D eigenvalue weighted by Gasteiger charge is -2.06. The lowest BCUT2D eigenvalue weighted by Crippen LogP contribution is -1.97. The van der Waals surface area contributed by atoms with Crippen molar-refractivity contribution in [3.05, 3.63) is 27.1 Å². The van der Waals surface area contributed by atoms with Gasteiger partial charge in [-0.2, -0.15) is 0 Å². The van der Waals surface area contributed by atoms with E-state index in [1.54, 1.807) is 6.07 Å². The minimum atomic E-state index is -2.45. The van der Waals surface area contributed by atoms with Gasteiger partial charge in [-0.25, -0.2) is 13.8 Å². The summed E-state index contributed by atoms with van der Waals surface area (Å²) in [5.74, 6) is 0. The van der Waals surface area contributed by atoms with E-state index in [1.165, 1.54) is 6.20 Å². The Hall–Kier alpha value is 0.220. The molecule has 12 heavy (non-hydrogen) atoms. The van der Waals surface area contributed by atoms with E-state index in [0.717, 1.165) is 0 Å². The molecular weight excluding hydrogens is 343 g/mol.